The summed E-state index contributed by atoms with van der Waals surface area (Å²) in [6, 6.07) is 0. The van der Waals surface area contributed by atoms with Gasteiger partial charge in [-0.1, -0.05) is 12.8 Å². The number of allylic oxidation sites excluding steroid dienone is 1. The van der Waals surface area contributed by atoms with Crippen LogP contribution in [0.3, 0.4) is 0 Å². The van der Waals surface area contributed by atoms with Gasteiger partial charge in [-0.15, -0.1) is 0 Å². The summed E-state index contributed by atoms with van der Waals surface area (Å²) in [7, 11) is 0. The third-order valence-corrected chi connectivity index (χ3v) is 2.75. The van der Waals surface area contributed by atoms with Crippen molar-refractivity contribution in [2.45, 2.75) is 52.1 Å². The third kappa shape index (κ3) is 5.21. The van der Waals surface area contributed by atoms with E-state index in [1.807, 2.05) is 20.8 Å². The molecule has 1 rings (SSSR count). The standard InChI is InChI=1S/C13H23N3O2/c1-13(2,3)18-12(17)16-10(8-11(14)15)9-6-4-5-7-9/h8-9H,4-7H2,1-3H3,(H3,14,15)(H,16,17)/b10-8-. The predicted octanol–water partition coefficient (Wildman–Crippen LogP) is 2.52. The van der Waals surface area contributed by atoms with Crippen molar-refractivity contribution in [1.82, 2.24) is 5.32 Å². The maximum atomic E-state index is 11.7. The van der Waals surface area contributed by atoms with Crippen LogP contribution < -0.4 is 11.1 Å². The van der Waals surface area contributed by atoms with Crippen LogP contribution in [0.25, 0.3) is 0 Å². The highest BCUT2D eigenvalue weighted by Gasteiger charge is 2.23. The van der Waals surface area contributed by atoms with Gasteiger partial charge in [-0.05, 0) is 45.6 Å². The molecule has 18 heavy (non-hydrogen) atoms. The van der Waals surface area contributed by atoms with E-state index in [2.05, 4.69) is 5.32 Å². The minimum atomic E-state index is -0.527. The molecule has 5 nitrogen and oxygen atoms in total. The lowest BCUT2D eigenvalue weighted by Crippen LogP contribution is -2.34. The SMILES string of the molecule is CC(C)(C)OC(=O)N/C(=C\C(=N)N)C1CCCC1. The quantitative estimate of drug-likeness (QED) is 0.533. The second kappa shape index (κ2) is 5.89. The summed E-state index contributed by atoms with van der Waals surface area (Å²) in [5, 5.41) is 10.0. The van der Waals surface area contributed by atoms with Crippen LogP contribution in [-0.4, -0.2) is 17.5 Å². The summed E-state index contributed by atoms with van der Waals surface area (Å²) in [5.41, 5.74) is 5.56. The number of amides is 1. The molecule has 0 aromatic heterocycles. The summed E-state index contributed by atoms with van der Waals surface area (Å²) < 4.78 is 5.21. The highest BCUT2D eigenvalue weighted by Crippen LogP contribution is 2.29. The number of nitrogens with two attached hydrogens (primary N) is 1. The van der Waals surface area contributed by atoms with Crippen LogP contribution in [0.5, 0.6) is 0 Å². The molecule has 4 N–H and O–H groups in total. The predicted molar refractivity (Wildman–Crippen MR) is 71.3 cm³/mol. The van der Waals surface area contributed by atoms with Crippen molar-refractivity contribution in [1.29, 1.82) is 5.41 Å². The van der Waals surface area contributed by atoms with Gasteiger partial charge in [0.25, 0.3) is 0 Å². The lowest BCUT2D eigenvalue weighted by atomic mass is 10.0. The average molecular weight is 253 g/mol. The van der Waals surface area contributed by atoms with Gasteiger partial charge in [-0.3, -0.25) is 10.7 Å². The van der Waals surface area contributed by atoms with E-state index in [9.17, 15) is 4.79 Å². The number of rotatable bonds is 3. The van der Waals surface area contributed by atoms with Crippen molar-refractivity contribution < 1.29 is 9.53 Å². The largest absolute Gasteiger partial charge is 0.444 e. The lowest BCUT2D eigenvalue weighted by Gasteiger charge is -2.22. The summed E-state index contributed by atoms with van der Waals surface area (Å²) in [6.45, 7) is 5.45. The van der Waals surface area contributed by atoms with Gasteiger partial charge in [0, 0.05) is 5.70 Å². The van der Waals surface area contributed by atoms with Crippen molar-refractivity contribution in [3.8, 4) is 0 Å². The smallest absolute Gasteiger partial charge is 0.411 e. The molecule has 102 valence electrons. The minimum Gasteiger partial charge on any atom is -0.444 e. The van der Waals surface area contributed by atoms with E-state index in [1.54, 1.807) is 0 Å². The van der Waals surface area contributed by atoms with E-state index in [-0.39, 0.29) is 11.8 Å². The fourth-order valence-electron chi connectivity index (χ4n) is 2.08. The van der Waals surface area contributed by atoms with Gasteiger partial charge < -0.3 is 10.5 Å². The van der Waals surface area contributed by atoms with Crippen LogP contribution in [0.4, 0.5) is 4.79 Å². The molecule has 0 bridgehead atoms. The van der Waals surface area contributed by atoms with Crippen molar-refractivity contribution in [3.63, 3.8) is 0 Å². The number of carbonyl (C=O) groups is 1. The molecule has 5 heteroatoms. The Hall–Kier alpha value is -1.52. The molecule has 0 atom stereocenters. The van der Waals surface area contributed by atoms with Gasteiger partial charge in [0.1, 0.15) is 11.4 Å². The van der Waals surface area contributed by atoms with Crippen molar-refractivity contribution >= 4 is 11.9 Å². The van der Waals surface area contributed by atoms with Crippen molar-refractivity contribution in [2.24, 2.45) is 11.7 Å². The summed E-state index contributed by atoms with van der Waals surface area (Å²) in [4.78, 5) is 11.7. The Morgan fingerprint density at radius 2 is 1.94 bits per heavy atom. The van der Waals surface area contributed by atoms with E-state index < -0.39 is 11.7 Å². The number of carbonyl (C=O) groups excluding carboxylic acids is 1. The van der Waals surface area contributed by atoms with Crippen LogP contribution in [0.1, 0.15) is 46.5 Å². The molecule has 0 saturated heterocycles. The number of hydrogen-bond acceptors (Lipinski definition) is 3. The van der Waals surface area contributed by atoms with E-state index in [1.165, 1.54) is 6.08 Å². The van der Waals surface area contributed by atoms with Crippen LogP contribution in [0, 0.1) is 11.3 Å². The number of hydrogen-bond donors (Lipinski definition) is 3. The highest BCUT2D eigenvalue weighted by atomic mass is 16.6. The molecule has 0 unspecified atom stereocenters. The molecule has 0 aromatic rings. The Morgan fingerprint density at radius 3 is 2.39 bits per heavy atom. The Bertz CT molecular complexity index is 350. The number of nitrogens with one attached hydrogen (secondary N) is 2. The van der Waals surface area contributed by atoms with E-state index in [0.717, 1.165) is 25.7 Å². The van der Waals surface area contributed by atoms with Crippen LogP contribution in [-0.2, 0) is 4.74 Å². The first-order chi connectivity index (χ1) is 8.28. The zero-order valence-electron chi connectivity index (χ0n) is 11.4. The molecule has 1 amide bonds. The molecule has 1 aliphatic rings. The van der Waals surface area contributed by atoms with Crippen LogP contribution in [0.15, 0.2) is 11.8 Å². The monoisotopic (exact) mass is 253 g/mol. The Labute approximate surface area is 108 Å². The van der Waals surface area contributed by atoms with Gasteiger partial charge in [0.15, 0.2) is 0 Å². The lowest BCUT2D eigenvalue weighted by molar-refractivity contribution is 0.0540. The van der Waals surface area contributed by atoms with Gasteiger partial charge in [-0.25, -0.2) is 4.79 Å². The first kappa shape index (κ1) is 14.5. The summed E-state index contributed by atoms with van der Waals surface area (Å²) in [5.74, 6) is 0.231. The summed E-state index contributed by atoms with van der Waals surface area (Å²) in [6.07, 6.45) is 5.37. The molecule has 0 aliphatic heterocycles. The first-order valence-electron chi connectivity index (χ1n) is 6.33. The number of amidine groups is 1. The van der Waals surface area contributed by atoms with E-state index >= 15 is 0 Å². The summed E-state index contributed by atoms with van der Waals surface area (Å²) >= 11 is 0. The molecular formula is C13H23N3O2. The van der Waals surface area contributed by atoms with E-state index in [4.69, 9.17) is 15.9 Å². The second-order valence-electron chi connectivity index (χ2n) is 5.66. The zero-order chi connectivity index (χ0) is 13.8. The molecule has 0 spiro atoms. The van der Waals surface area contributed by atoms with E-state index in [0.29, 0.717) is 5.70 Å². The third-order valence-electron chi connectivity index (χ3n) is 2.75. The maximum absolute atomic E-state index is 11.7. The Morgan fingerprint density at radius 1 is 1.39 bits per heavy atom. The number of alkyl carbamates (subject to hydrolysis) is 1. The Balaban J connectivity index is 2.67. The highest BCUT2D eigenvalue weighted by molar-refractivity contribution is 5.89. The van der Waals surface area contributed by atoms with Crippen molar-refractivity contribution in [2.75, 3.05) is 0 Å². The van der Waals surface area contributed by atoms with Gasteiger partial charge in [0.2, 0.25) is 0 Å². The molecule has 1 aliphatic carbocycles. The van der Waals surface area contributed by atoms with Gasteiger partial charge in [-0.2, -0.15) is 0 Å². The molecular weight excluding hydrogens is 230 g/mol. The Kier molecular flexibility index (Phi) is 4.76. The fourth-order valence-corrected chi connectivity index (χ4v) is 2.08. The zero-order valence-corrected chi connectivity index (χ0v) is 11.4. The van der Waals surface area contributed by atoms with Crippen LogP contribution in [0.2, 0.25) is 0 Å². The molecule has 1 fully saturated rings. The maximum Gasteiger partial charge on any atom is 0.411 e. The minimum absolute atomic E-state index is 0.0482. The first-order valence-corrected chi connectivity index (χ1v) is 6.33. The molecule has 0 aromatic carbocycles. The molecule has 1 saturated carbocycles. The van der Waals surface area contributed by atoms with Gasteiger partial charge >= 0.3 is 6.09 Å². The normalized spacial score (nSPS) is 17.6. The van der Waals surface area contributed by atoms with Crippen molar-refractivity contribution in [3.05, 3.63) is 11.8 Å². The topological polar surface area (TPSA) is 88.2 Å². The number of ether oxygens (including phenoxy) is 1. The second-order valence-corrected chi connectivity index (χ2v) is 5.66. The van der Waals surface area contributed by atoms with Gasteiger partial charge in [0.05, 0.1) is 0 Å². The molecule has 0 radical (unpaired) electrons. The fraction of sp³-hybridized carbons (Fsp3) is 0.692. The average Bonchev–Trinajstić information content (AvgIpc) is 2.64. The molecule has 0 heterocycles. The van der Waals surface area contributed by atoms with Crippen LogP contribution >= 0.6 is 0 Å².